The van der Waals surface area contributed by atoms with E-state index < -0.39 is 11.7 Å². The highest BCUT2D eigenvalue weighted by atomic mass is 19.1. The molecule has 1 aliphatic heterocycles. The predicted molar refractivity (Wildman–Crippen MR) is 178 cm³/mol. The number of para-hydroxylation sites is 1. The minimum Gasteiger partial charge on any atom is -0.493 e. The Balaban J connectivity index is 1.17. The van der Waals surface area contributed by atoms with Crippen molar-refractivity contribution in [2.45, 2.75) is 33.1 Å². The Bertz CT molecular complexity index is 1990. The summed E-state index contributed by atoms with van der Waals surface area (Å²) in [5.41, 5.74) is 2.27. The van der Waals surface area contributed by atoms with E-state index in [9.17, 15) is 9.59 Å². The summed E-state index contributed by atoms with van der Waals surface area (Å²) in [6.07, 6.45) is 5.00. The van der Waals surface area contributed by atoms with E-state index in [0.717, 1.165) is 37.7 Å². The third-order valence-electron chi connectivity index (χ3n) is 8.15. The van der Waals surface area contributed by atoms with Gasteiger partial charge in [-0.3, -0.25) is 14.6 Å². The second-order valence-corrected chi connectivity index (χ2v) is 11.5. The molecule has 0 unspecified atom stereocenters. The first-order valence-corrected chi connectivity index (χ1v) is 15.6. The maximum Gasteiger partial charge on any atom is 0.276 e. The first-order valence-electron chi connectivity index (χ1n) is 15.6. The molecule has 0 aliphatic carbocycles. The van der Waals surface area contributed by atoms with Crippen molar-refractivity contribution in [1.29, 1.82) is 0 Å². The maximum atomic E-state index is 15.3. The maximum absolute atomic E-state index is 15.3. The number of carbonyl (C=O) groups excluding carboxylic acids is 1. The minimum absolute atomic E-state index is 0.0423. The van der Waals surface area contributed by atoms with Crippen molar-refractivity contribution >= 4 is 22.5 Å². The molecule has 47 heavy (non-hydrogen) atoms. The quantitative estimate of drug-likeness (QED) is 0.165. The van der Waals surface area contributed by atoms with Crippen molar-refractivity contribution in [3.63, 3.8) is 0 Å². The molecule has 0 atom stereocenters. The number of likely N-dealkylation sites (tertiary alicyclic amines) is 1. The summed E-state index contributed by atoms with van der Waals surface area (Å²) in [7, 11) is 1.57. The number of carbonyl (C=O) groups is 1. The number of pyridine rings is 1. The Morgan fingerprint density at radius 2 is 1.74 bits per heavy atom. The fourth-order valence-corrected chi connectivity index (χ4v) is 5.68. The van der Waals surface area contributed by atoms with Gasteiger partial charge in [0.2, 0.25) is 0 Å². The summed E-state index contributed by atoms with van der Waals surface area (Å²) in [6, 6.07) is 17.9. The zero-order valence-corrected chi connectivity index (χ0v) is 26.6. The summed E-state index contributed by atoms with van der Waals surface area (Å²) >= 11 is 0. The van der Waals surface area contributed by atoms with E-state index in [1.165, 1.54) is 35.7 Å². The molecular formula is C36H36FN5O5. The first-order chi connectivity index (χ1) is 22.8. The third kappa shape index (κ3) is 7.10. The number of halogens is 1. The number of hydrogen-bond donors (Lipinski definition) is 1. The zero-order valence-electron chi connectivity index (χ0n) is 26.6. The van der Waals surface area contributed by atoms with Crippen LogP contribution in [-0.2, 0) is 0 Å². The number of ether oxygens (including phenoxy) is 3. The number of benzene rings is 3. The average Bonchev–Trinajstić information content (AvgIpc) is 3.58. The van der Waals surface area contributed by atoms with Gasteiger partial charge in [0.15, 0.2) is 28.8 Å². The fourth-order valence-electron chi connectivity index (χ4n) is 5.68. The van der Waals surface area contributed by atoms with Gasteiger partial charge in [0.1, 0.15) is 5.75 Å². The monoisotopic (exact) mass is 637 g/mol. The standard InChI is InChI=1S/C36H36FN5O5/c1-23-9-4-5-10-29(23)42-34(43)19-24(2)35(40-42)36(44)39-25-11-12-31(27(37)20-25)47-30-13-14-38-28-22-33(32(45-3)21-26(28)30)46-18-8-17-41-15-6-7-16-41/h4-5,9-14,19-22H,6-8,15-18H2,1-3H3,(H,39,44). The van der Waals surface area contributed by atoms with Crippen LogP contribution in [0.1, 0.15) is 40.9 Å². The van der Waals surface area contributed by atoms with Gasteiger partial charge >= 0.3 is 0 Å². The second-order valence-electron chi connectivity index (χ2n) is 11.5. The molecule has 1 amide bonds. The Kier molecular flexibility index (Phi) is 9.44. The van der Waals surface area contributed by atoms with Crippen molar-refractivity contribution in [3.8, 4) is 28.7 Å². The van der Waals surface area contributed by atoms with Gasteiger partial charge in [-0.2, -0.15) is 9.78 Å². The van der Waals surface area contributed by atoms with Gasteiger partial charge in [0.05, 0.1) is 24.9 Å². The number of fused-ring (bicyclic) bond motifs is 1. The SMILES string of the molecule is COc1cc2c(Oc3ccc(NC(=O)c4nn(-c5ccccc5C)c(=O)cc4C)cc3F)ccnc2cc1OCCCN1CCCC1. The van der Waals surface area contributed by atoms with E-state index in [4.69, 9.17) is 14.2 Å². The van der Waals surface area contributed by atoms with Gasteiger partial charge in [0, 0.05) is 42.0 Å². The summed E-state index contributed by atoms with van der Waals surface area (Å²) in [5, 5.41) is 7.62. The molecule has 0 radical (unpaired) electrons. The van der Waals surface area contributed by atoms with Crippen LogP contribution < -0.4 is 25.1 Å². The lowest BCUT2D eigenvalue weighted by atomic mass is 10.1. The number of aryl methyl sites for hydroxylation is 2. The van der Waals surface area contributed by atoms with Crippen molar-refractivity contribution in [2.24, 2.45) is 0 Å². The summed E-state index contributed by atoms with van der Waals surface area (Å²) in [4.78, 5) is 32.8. The number of nitrogens with one attached hydrogen (secondary N) is 1. The van der Waals surface area contributed by atoms with Gasteiger partial charge < -0.3 is 24.4 Å². The summed E-state index contributed by atoms with van der Waals surface area (Å²) < 4.78 is 34.2. The van der Waals surface area contributed by atoms with Crippen molar-refractivity contribution in [1.82, 2.24) is 19.7 Å². The Labute approximate surface area is 271 Å². The molecule has 10 nitrogen and oxygen atoms in total. The Morgan fingerprint density at radius 1 is 0.936 bits per heavy atom. The minimum atomic E-state index is -0.688. The number of amides is 1. The molecular weight excluding hydrogens is 601 g/mol. The molecule has 0 spiro atoms. The van der Waals surface area contributed by atoms with Crippen LogP contribution >= 0.6 is 0 Å². The first kappa shape index (κ1) is 31.7. The highest BCUT2D eigenvalue weighted by Gasteiger charge is 2.18. The fraction of sp³-hybridized carbons (Fsp3) is 0.278. The summed E-state index contributed by atoms with van der Waals surface area (Å²) in [6.45, 7) is 7.32. The van der Waals surface area contributed by atoms with Crippen LogP contribution in [0.4, 0.5) is 10.1 Å². The van der Waals surface area contributed by atoms with E-state index in [1.54, 1.807) is 50.6 Å². The van der Waals surface area contributed by atoms with Crippen LogP contribution in [0.5, 0.6) is 23.0 Å². The molecule has 1 fully saturated rings. The van der Waals surface area contributed by atoms with Crippen LogP contribution in [0.3, 0.4) is 0 Å². The number of nitrogens with zero attached hydrogens (tertiary/aromatic N) is 4. The van der Waals surface area contributed by atoms with Crippen molar-refractivity contribution < 1.29 is 23.4 Å². The lowest BCUT2D eigenvalue weighted by Gasteiger charge is -2.16. The zero-order chi connectivity index (χ0) is 32.9. The highest BCUT2D eigenvalue weighted by molar-refractivity contribution is 6.03. The highest BCUT2D eigenvalue weighted by Crippen LogP contribution is 2.38. The lowest BCUT2D eigenvalue weighted by Crippen LogP contribution is -2.27. The van der Waals surface area contributed by atoms with E-state index in [-0.39, 0.29) is 22.7 Å². The van der Waals surface area contributed by atoms with Crippen LogP contribution in [0.15, 0.2) is 77.7 Å². The predicted octanol–water partition coefficient (Wildman–Crippen LogP) is 6.45. The van der Waals surface area contributed by atoms with Gasteiger partial charge in [-0.1, -0.05) is 18.2 Å². The average molecular weight is 638 g/mol. The molecule has 3 aromatic carbocycles. The van der Waals surface area contributed by atoms with Crippen molar-refractivity contribution in [3.05, 3.63) is 106 Å². The van der Waals surface area contributed by atoms with Crippen LogP contribution in [0, 0.1) is 19.7 Å². The molecule has 11 heteroatoms. The molecule has 5 aromatic rings. The van der Waals surface area contributed by atoms with Crippen LogP contribution in [0.2, 0.25) is 0 Å². The molecule has 1 aliphatic rings. The molecule has 1 N–H and O–H groups in total. The lowest BCUT2D eigenvalue weighted by molar-refractivity contribution is 0.102. The Morgan fingerprint density at radius 3 is 2.51 bits per heavy atom. The smallest absolute Gasteiger partial charge is 0.276 e. The molecule has 0 bridgehead atoms. The molecule has 3 heterocycles. The number of aromatic nitrogens is 3. The third-order valence-corrected chi connectivity index (χ3v) is 8.15. The number of rotatable bonds is 11. The Hall–Kier alpha value is -5.29. The molecule has 1 saturated heterocycles. The van der Waals surface area contributed by atoms with Crippen LogP contribution in [0.25, 0.3) is 16.6 Å². The number of methoxy groups -OCH3 is 1. The topological polar surface area (TPSA) is 108 Å². The van der Waals surface area contributed by atoms with Gasteiger partial charge in [-0.25, -0.2) is 4.39 Å². The molecule has 242 valence electrons. The van der Waals surface area contributed by atoms with Crippen LogP contribution in [-0.4, -0.2) is 58.9 Å². The van der Waals surface area contributed by atoms with E-state index in [1.807, 2.05) is 19.1 Å². The normalized spacial score (nSPS) is 13.1. The molecule has 6 rings (SSSR count). The van der Waals surface area contributed by atoms with Gasteiger partial charge in [-0.15, -0.1) is 0 Å². The summed E-state index contributed by atoms with van der Waals surface area (Å²) in [5.74, 6) is 0.164. The largest absolute Gasteiger partial charge is 0.493 e. The number of hydrogen-bond acceptors (Lipinski definition) is 8. The van der Waals surface area contributed by atoms with Crippen molar-refractivity contribution in [2.75, 3.05) is 38.7 Å². The molecule has 2 aromatic heterocycles. The van der Waals surface area contributed by atoms with E-state index in [2.05, 4.69) is 20.3 Å². The van der Waals surface area contributed by atoms with E-state index >= 15 is 4.39 Å². The number of anilines is 1. The second kappa shape index (κ2) is 14.0. The van der Waals surface area contributed by atoms with Gasteiger partial charge in [-0.05, 0) is 87.7 Å². The molecule has 0 saturated carbocycles. The van der Waals surface area contributed by atoms with E-state index in [0.29, 0.717) is 46.0 Å². The van der Waals surface area contributed by atoms with Gasteiger partial charge in [0.25, 0.3) is 11.5 Å².